The highest BCUT2D eigenvalue weighted by Gasteiger charge is 2.92. The molecule has 0 aromatic carbocycles. The van der Waals surface area contributed by atoms with Crippen molar-refractivity contribution in [3.05, 3.63) is 0 Å². The van der Waals surface area contributed by atoms with E-state index in [1.807, 2.05) is 0 Å². The van der Waals surface area contributed by atoms with Crippen molar-refractivity contribution in [2.75, 3.05) is 0 Å². The summed E-state index contributed by atoms with van der Waals surface area (Å²) in [6.45, 7) is 1.49. The van der Waals surface area contributed by atoms with Gasteiger partial charge in [0.1, 0.15) is 5.60 Å². The molecule has 0 bridgehead atoms. The van der Waals surface area contributed by atoms with Gasteiger partial charge in [-0.05, 0) is 13.3 Å². The van der Waals surface area contributed by atoms with Crippen molar-refractivity contribution in [1.82, 2.24) is 0 Å². The summed E-state index contributed by atoms with van der Waals surface area (Å²) in [6, 6.07) is 0. The number of hydrogen-bond acceptors (Lipinski definition) is 1. The van der Waals surface area contributed by atoms with Crippen molar-refractivity contribution in [1.29, 1.82) is 0 Å². The molecule has 0 saturated heterocycles. The maximum atomic E-state index is 13.9. The summed E-state index contributed by atoms with van der Waals surface area (Å²) in [4.78, 5) is 0. The lowest BCUT2D eigenvalue weighted by Gasteiger charge is -2.43. The van der Waals surface area contributed by atoms with Gasteiger partial charge in [0.2, 0.25) is 0 Å². The molecule has 1 N–H and O–H groups in total. The second-order valence-electron chi connectivity index (χ2n) is 6.45. The van der Waals surface area contributed by atoms with E-state index in [9.17, 15) is 62.2 Å². The summed E-state index contributed by atoms with van der Waals surface area (Å²) < 4.78 is 169. The first-order chi connectivity index (χ1) is 12.1. The van der Waals surface area contributed by atoms with E-state index in [0.29, 0.717) is 12.8 Å². The molecule has 0 fully saturated rings. The fourth-order valence-corrected chi connectivity index (χ4v) is 2.16. The van der Waals surface area contributed by atoms with Gasteiger partial charge in [-0.1, -0.05) is 32.6 Å². The zero-order chi connectivity index (χ0) is 23.0. The number of aliphatic hydroxyl groups is 1. The molecule has 0 aliphatic carbocycles. The van der Waals surface area contributed by atoms with Crippen molar-refractivity contribution in [3.8, 4) is 0 Å². The molecule has 0 radical (unpaired) electrons. The summed E-state index contributed by atoms with van der Waals surface area (Å²) in [5, 5.41) is 9.45. The molecule has 0 saturated carbocycles. The minimum atomic E-state index is -7.95. The van der Waals surface area contributed by atoms with Crippen LogP contribution < -0.4 is 0 Å². The van der Waals surface area contributed by atoms with Gasteiger partial charge in [-0.3, -0.25) is 0 Å². The molecule has 14 heteroatoms. The van der Waals surface area contributed by atoms with Crippen LogP contribution in [-0.2, 0) is 0 Å². The summed E-state index contributed by atoms with van der Waals surface area (Å²) in [5.74, 6) is -37.6. The monoisotopic (exact) mass is 448 g/mol. The van der Waals surface area contributed by atoms with Crippen LogP contribution in [0.4, 0.5) is 57.1 Å². The van der Waals surface area contributed by atoms with E-state index < -0.39 is 54.2 Å². The quantitative estimate of drug-likeness (QED) is 0.301. The Bertz CT molecular complexity index is 522. The lowest BCUT2D eigenvalue weighted by molar-refractivity contribution is -0.449. The smallest absolute Gasteiger partial charge is 0.384 e. The first-order valence-electron chi connectivity index (χ1n) is 7.74. The minimum Gasteiger partial charge on any atom is -0.384 e. The highest BCUT2D eigenvalue weighted by Crippen LogP contribution is 2.62. The van der Waals surface area contributed by atoms with E-state index in [1.165, 1.54) is 0 Å². The van der Waals surface area contributed by atoms with Crippen LogP contribution >= 0.6 is 0 Å². The lowest BCUT2D eigenvalue weighted by Crippen LogP contribution is -2.73. The van der Waals surface area contributed by atoms with Gasteiger partial charge in [-0.25, -0.2) is 0 Å². The molecule has 0 heterocycles. The zero-order valence-electron chi connectivity index (χ0n) is 14.4. The molecule has 1 unspecified atom stereocenters. The molecule has 28 heavy (non-hydrogen) atoms. The topological polar surface area (TPSA) is 20.2 Å². The molecule has 1 atom stereocenters. The number of alkyl halides is 13. The van der Waals surface area contributed by atoms with Crippen LogP contribution in [0.15, 0.2) is 0 Å². The van der Waals surface area contributed by atoms with Crippen molar-refractivity contribution in [2.24, 2.45) is 0 Å². The largest absolute Gasteiger partial charge is 0.460 e. The fourth-order valence-electron chi connectivity index (χ4n) is 2.16. The zero-order valence-corrected chi connectivity index (χ0v) is 14.4. The van der Waals surface area contributed by atoms with Crippen LogP contribution in [-0.4, -0.2) is 46.5 Å². The van der Waals surface area contributed by atoms with Crippen LogP contribution in [0.3, 0.4) is 0 Å². The number of halogens is 13. The molecule has 0 amide bonds. The normalized spacial score (nSPS) is 17.6. The number of unbranched alkanes of at least 4 members (excludes halogenated alkanes) is 3. The summed E-state index contributed by atoms with van der Waals surface area (Å²) in [6.07, 6.45) is -8.39. The summed E-state index contributed by atoms with van der Waals surface area (Å²) >= 11 is 0. The Hall–Kier alpha value is -0.950. The predicted octanol–water partition coefficient (Wildman–Crippen LogP) is 6.45. The SMILES string of the molecule is CCCCCCC(C)(O)C(F)(F)C(F)(F)C(F)(F)C(F)(F)C(F)(F)C(F)(F)F. The third kappa shape index (κ3) is 4.02. The molecular formula is C14H17F13O. The van der Waals surface area contributed by atoms with Crippen LogP contribution in [0.5, 0.6) is 0 Å². The molecule has 1 nitrogen and oxygen atoms in total. The van der Waals surface area contributed by atoms with E-state index >= 15 is 0 Å². The Morgan fingerprint density at radius 3 is 1.25 bits per heavy atom. The highest BCUT2D eigenvalue weighted by molar-refractivity contribution is 5.13. The Morgan fingerprint density at radius 2 is 0.893 bits per heavy atom. The molecule has 0 aliphatic heterocycles. The summed E-state index contributed by atoms with van der Waals surface area (Å²) in [7, 11) is 0. The van der Waals surface area contributed by atoms with E-state index in [1.54, 1.807) is 6.92 Å². The number of hydrogen-bond donors (Lipinski definition) is 1. The second kappa shape index (κ2) is 7.71. The van der Waals surface area contributed by atoms with Crippen molar-refractivity contribution >= 4 is 0 Å². The fraction of sp³-hybridized carbons (Fsp3) is 1.00. The van der Waals surface area contributed by atoms with Gasteiger partial charge >= 0.3 is 35.8 Å². The van der Waals surface area contributed by atoms with Crippen LogP contribution in [0, 0.1) is 0 Å². The van der Waals surface area contributed by atoms with Gasteiger partial charge in [0.15, 0.2) is 0 Å². The average Bonchev–Trinajstić information content (AvgIpc) is 2.49. The first kappa shape index (κ1) is 27.0. The highest BCUT2D eigenvalue weighted by atomic mass is 19.4. The average molecular weight is 448 g/mol. The van der Waals surface area contributed by atoms with Crippen LogP contribution in [0.2, 0.25) is 0 Å². The molecule has 0 aromatic rings. The van der Waals surface area contributed by atoms with E-state index in [-0.39, 0.29) is 13.3 Å². The van der Waals surface area contributed by atoms with Gasteiger partial charge in [-0.15, -0.1) is 0 Å². The van der Waals surface area contributed by atoms with Gasteiger partial charge < -0.3 is 5.11 Å². The van der Waals surface area contributed by atoms with Crippen molar-refractivity contribution in [3.63, 3.8) is 0 Å². The van der Waals surface area contributed by atoms with Gasteiger partial charge in [0.05, 0.1) is 0 Å². The minimum absolute atomic E-state index is 0.0347. The van der Waals surface area contributed by atoms with Gasteiger partial charge in [0, 0.05) is 0 Å². The van der Waals surface area contributed by atoms with E-state index in [4.69, 9.17) is 0 Å². The Balaban J connectivity index is 6.10. The predicted molar refractivity (Wildman–Crippen MR) is 70.2 cm³/mol. The Labute approximate surface area is 150 Å². The molecule has 0 spiro atoms. The summed E-state index contributed by atoms with van der Waals surface area (Å²) in [5.41, 5.74) is -4.11. The second-order valence-corrected chi connectivity index (χ2v) is 6.45. The van der Waals surface area contributed by atoms with Gasteiger partial charge in [-0.2, -0.15) is 57.1 Å². The van der Waals surface area contributed by atoms with Crippen molar-refractivity contribution in [2.45, 2.75) is 87.3 Å². The van der Waals surface area contributed by atoms with Crippen LogP contribution in [0.1, 0.15) is 46.0 Å². The van der Waals surface area contributed by atoms with E-state index in [0.717, 1.165) is 0 Å². The molecule has 0 aromatic heterocycles. The maximum absolute atomic E-state index is 13.9. The number of rotatable bonds is 10. The Kier molecular flexibility index (Phi) is 7.45. The Morgan fingerprint density at radius 1 is 0.536 bits per heavy atom. The first-order valence-corrected chi connectivity index (χ1v) is 7.74. The van der Waals surface area contributed by atoms with E-state index in [2.05, 4.69) is 0 Å². The molecule has 170 valence electrons. The third-order valence-electron chi connectivity index (χ3n) is 4.13. The van der Waals surface area contributed by atoms with Crippen LogP contribution in [0.25, 0.3) is 0 Å². The van der Waals surface area contributed by atoms with Crippen molar-refractivity contribution < 1.29 is 62.2 Å². The lowest BCUT2D eigenvalue weighted by atomic mass is 9.82. The van der Waals surface area contributed by atoms with Gasteiger partial charge in [0.25, 0.3) is 0 Å². The molecule has 0 aliphatic rings. The molecular weight excluding hydrogens is 431 g/mol. The standard InChI is InChI=1S/C14H17F13O/c1-3-4-5-6-7-8(2,28)9(15,16)10(17,18)11(19,20)12(21,22)13(23,24)14(25,26)27/h28H,3-7H2,1-2H3. The third-order valence-corrected chi connectivity index (χ3v) is 4.13. The maximum Gasteiger partial charge on any atom is 0.460 e. The molecule has 0 rings (SSSR count).